The van der Waals surface area contributed by atoms with Crippen LogP contribution in [0, 0.1) is 6.92 Å². The lowest BCUT2D eigenvalue weighted by molar-refractivity contribution is 0.350. The number of benzene rings is 2. The Labute approximate surface area is 126 Å². The highest BCUT2D eigenvalue weighted by atomic mass is 16.5. The van der Waals surface area contributed by atoms with E-state index < -0.39 is 0 Å². The molecule has 3 nitrogen and oxygen atoms in total. The highest BCUT2D eigenvalue weighted by Gasteiger charge is 2.11. The molecule has 112 valence electrons. The van der Waals surface area contributed by atoms with Crippen LogP contribution >= 0.6 is 0 Å². The van der Waals surface area contributed by atoms with Crippen molar-refractivity contribution >= 4 is 0 Å². The highest BCUT2D eigenvalue weighted by molar-refractivity contribution is 5.46. The SMILES string of the molecule is COc1cccc(CN[C@H](C)c2cccc(C)c2)c1OC. The maximum absolute atomic E-state index is 5.46. The third-order valence-corrected chi connectivity index (χ3v) is 3.63. The number of methoxy groups -OCH3 is 2. The van der Waals surface area contributed by atoms with Crippen molar-refractivity contribution in [3.05, 3.63) is 59.2 Å². The predicted molar refractivity (Wildman–Crippen MR) is 86.0 cm³/mol. The van der Waals surface area contributed by atoms with Gasteiger partial charge in [-0.15, -0.1) is 0 Å². The summed E-state index contributed by atoms with van der Waals surface area (Å²) < 4.78 is 10.8. The van der Waals surface area contributed by atoms with Crippen molar-refractivity contribution in [1.82, 2.24) is 5.32 Å². The molecule has 0 aromatic heterocycles. The topological polar surface area (TPSA) is 30.5 Å². The lowest BCUT2D eigenvalue weighted by atomic mass is 10.1. The molecule has 0 saturated carbocycles. The van der Waals surface area contributed by atoms with Gasteiger partial charge in [-0.2, -0.15) is 0 Å². The summed E-state index contributed by atoms with van der Waals surface area (Å²) in [7, 11) is 3.33. The molecular weight excluding hydrogens is 262 g/mol. The zero-order valence-electron chi connectivity index (χ0n) is 13.1. The smallest absolute Gasteiger partial charge is 0.165 e. The maximum Gasteiger partial charge on any atom is 0.165 e. The van der Waals surface area contributed by atoms with Crippen LogP contribution in [0.2, 0.25) is 0 Å². The van der Waals surface area contributed by atoms with Gasteiger partial charge in [-0.3, -0.25) is 0 Å². The second-order valence-corrected chi connectivity index (χ2v) is 5.17. The van der Waals surface area contributed by atoms with Crippen LogP contribution in [0.3, 0.4) is 0 Å². The van der Waals surface area contributed by atoms with E-state index >= 15 is 0 Å². The molecular formula is C18H23NO2. The van der Waals surface area contributed by atoms with Crippen molar-refractivity contribution in [3.63, 3.8) is 0 Å². The minimum Gasteiger partial charge on any atom is -0.493 e. The van der Waals surface area contributed by atoms with Gasteiger partial charge in [0.05, 0.1) is 14.2 Å². The third-order valence-electron chi connectivity index (χ3n) is 3.63. The lowest BCUT2D eigenvalue weighted by Crippen LogP contribution is -2.18. The van der Waals surface area contributed by atoms with Crippen molar-refractivity contribution in [3.8, 4) is 11.5 Å². The van der Waals surface area contributed by atoms with E-state index in [1.165, 1.54) is 11.1 Å². The van der Waals surface area contributed by atoms with Crippen LogP contribution < -0.4 is 14.8 Å². The molecule has 0 spiro atoms. The molecule has 0 heterocycles. The van der Waals surface area contributed by atoms with E-state index in [-0.39, 0.29) is 6.04 Å². The van der Waals surface area contributed by atoms with Crippen molar-refractivity contribution < 1.29 is 9.47 Å². The molecule has 0 aliphatic heterocycles. The van der Waals surface area contributed by atoms with Crippen LogP contribution in [0.4, 0.5) is 0 Å². The summed E-state index contributed by atoms with van der Waals surface area (Å²) in [4.78, 5) is 0. The number of ether oxygens (including phenoxy) is 2. The molecule has 0 amide bonds. The first-order valence-electron chi connectivity index (χ1n) is 7.15. The van der Waals surface area contributed by atoms with Gasteiger partial charge in [0, 0.05) is 18.2 Å². The van der Waals surface area contributed by atoms with Gasteiger partial charge in [-0.05, 0) is 25.5 Å². The van der Waals surface area contributed by atoms with Gasteiger partial charge in [0.2, 0.25) is 0 Å². The summed E-state index contributed by atoms with van der Waals surface area (Å²) in [6.45, 7) is 5.01. The minimum atomic E-state index is 0.279. The molecule has 0 aliphatic carbocycles. The largest absolute Gasteiger partial charge is 0.493 e. The molecule has 1 N–H and O–H groups in total. The van der Waals surface area contributed by atoms with E-state index in [1.54, 1.807) is 14.2 Å². The van der Waals surface area contributed by atoms with Gasteiger partial charge >= 0.3 is 0 Å². The van der Waals surface area contributed by atoms with Crippen LogP contribution in [0.25, 0.3) is 0 Å². The van der Waals surface area contributed by atoms with Crippen LogP contribution in [0.5, 0.6) is 11.5 Å². The van der Waals surface area contributed by atoms with Gasteiger partial charge in [0.25, 0.3) is 0 Å². The third kappa shape index (κ3) is 3.76. The highest BCUT2D eigenvalue weighted by Crippen LogP contribution is 2.30. The van der Waals surface area contributed by atoms with E-state index in [4.69, 9.17) is 9.47 Å². The Hall–Kier alpha value is -2.00. The second-order valence-electron chi connectivity index (χ2n) is 5.17. The van der Waals surface area contributed by atoms with Gasteiger partial charge in [-0.1, -0.05) is 42.0 Å². The molecule has 0 unspecified atom stereocenters. The summed E-state index contributed by atoms with van der Waals surface area (Å²) in [6, 6.07) is 14.8. The molecule has 2 aromatic carbocycles. The maximum atomic E-state index is 5.46. The average molecular weight is 285 g/mol. The molecule has 0 fully saturated rings. The zero-order chi connectivity index (χ0) is 15.2. The fourth-order valence-electron chi connectivity index (χ4n) is 2.41. The Morgan fingerprint density at radius 2 is 1.81 bits per heavy atom. The molecule has 2 rings (SSSR count). The standard InChI is InChI=1S/C18H23NO2/c1-13-7-5-8-15(11-13)14(2)19-12-16-9-6-10-17(20-3)18(16)21-4/h5-11,14,19H,12H2,1-4H3/t14-/m1/s1. The molecule has 0 radical (unpaired) electrons. The van der Waals surface area contributed by atoms with E-state index in [2.05, 4.69) is 49.5 Å². The van der Waals surface area contributed by atoms with Gasteiger partial charge < -0.3 is 14.8 Å². The molecule has 21 heavy (non-hydrogen) atoms. The number of para-hydroxylation sites is 1. The molecule has 2 aromatic rings. The van der Waals surface area contributed by atoms with Crippen molar-refractivity contribution in [2.75, 3.05) is 14.2 Å². The zero-order valence-corrected chi connectivity index (χ0v) is 13.1. The Morgan fingerprint density at radius 1 is 1.05 bits per heavy atom. The lowest BCUT2D eigenvalue weighted by Gasteiger charge is -2.17. The fourth-order valence-corrected chi connectivity index (χ4v) is 2.41. The van der Waals surface area contributed by atoms with Crippen LogP contribution in [0.15, 0.2) is 42.5 Å². The molecule has 1 atom stereocenters. The van der Waals surface area contributed by atoms with Crippen molar-refractivity contribution in [1.29, 1.82) is 0 Å². The summed E-state index contributed by atoms with van der Waals surface area (Å²) >= 11 is 0. The molecule has 0 aliphatic rings. The van der Waals surface area contributed by atoms with Gasteiger partial charge in [0.15, 0.2) is 11.5 Å². The van der Waals surface area contributed by atoms with E-state index in [0.717, 1.165) is 23.6 Å². The molecule has 3 heteroatoms. The second kappa shape index (κ2) is 7.14. The van der Waals surface area contributed by atoms with E-state index in [9.17, 15) is 0 Å². The predicted octanol–water partition coefficient (Wildman–Crippen LogP) is 3.86. The van der Waals surface area contributed by atoms with Crippen LogP contribution in [-0.2, 0) is 6.54 Å². The van der Waals surface area contributed by atoms with E-state index in [1.807, 2.05) is 12.1 Å². The van der Waals surface area contributed by atoms with Crippen LogP contribution in [-0.4, -0.2) is 14.2 Å². The van der Waals surface area contributed by atoms with Crippen molar-refractivity contribution in [2.45, 2.75) is 26.4 Å². The number of hydrogen-bond donors (Lipinski definition) is 1. The number of nitrogens with one attached hydrogen (secondary N) is 1. The first kappa shape index (κ1) is 15.4. The summed E-state index contributed by atoms with van der Waals surface area (Å²) in [6.07, 6.45) is 0. The molecule has 0 saturated heterocycles. The molecule has 0 bridgehead atoms. The summed E-state index contributed by atoms with van der Waals surface area (Å²) in [5, 5.41) is 3.53. The Morgan fingerprint density at radius 3 is 2.48 bits per heavy atom. The Bertz CT molecular complexity index is 596. The quantitative estimate of drug-likeness (QED) is 0.874. The summed E-state index contributed by atoms with van der Waals surface area (Å²) in [5.74, 6) is 1.56. The van der Waals surface area contributed by atoms with Gasteiger partial charge in [-0.25, -0.2) is 0 Å². The number of rotatable bonds is 6. The number of aryl methyl sites for hydroxylation is 1. The van der Waals surface area contributed by atoms with Crippen LogP contribution in [0.1, 0.15) is 29.7 Å². The number of hydrogen-bond acceptors (Lipinski definition) is 3. The van der Waals surface area contributed by atoms with Crippen molar-refractivity contribution in [2.24, 2.45) is 0 Å². The van der Waals surface area contributed by atoms with E-state index in [0.29, 0.717) is 0 Å². The summed E-state index contributed by atoms with van der Waals surface area (Å²) in [5.41, 5.74) is 3.66. The Kier molecular flexibility index (Phi) is 5.23. The average Bonchev–Trinajstić information content (AvgIpc) is 2.51. The minimum absolute atomic E-state index is 0.279. The van der Waals surface area contributed by atoms with Gasteiger partial charge in [0.1, 0.15) is 0 Å². The normalized spacial score (nSPS) is 12.0. The fraction of sp³-hybridized carbons (Fsp3) is 0.333. The monoisotopic (exact) mass is 285 g/mol. The first-order valence-corrected chi connectivity index (χ1v) is 7.15. The Balaban J connectivity index is 2.09. The first-order chi connectivity index (χ1) is 10.2.